The SMILES string of the molecule is COc1ccccc1-n1nnc2c1C(C(=O)O)CCC2. The number of hydrogen-bond donors (Lipinski definition) is 1. The highest BCUT2D eigenvalue weighted by molar-refractivity contribution is 5.76. The van der Waals surface area contributed by atoms with Crippen LogP contribution in [0, 0.1) is 0 Å². The number of ether oxygens (including phenoxy) is 1. The van der Waals surface area contributed by atoms with Gasteiger partial charge in [-0.2, -0.15) is 0 Å². The molecular formula is C14H15N3O3. The minimum absolute atomic E-state index is 0.557. The molecule has 0 saturated carbocycles. The van der Waals surface area contributed by atoms with Gasteiger partial charge in [-0.05, 0) is 31.4 Å². The first kappa shape index (κ1) is 12.7. The molecule has 6 nitrogen and oxygen atoms in total. The number of nitrogens with zero attached hydrogens (tertiary/aromatic N) is 3. The van der Waals surface area contributed by atoms with Crippen molar-refractivity contribution in [3.8, 4) is 11.4 Å². The number of carboxylic acids is 1. The van der Waals surface area contributed by atoms with Gasteiger partial charge in [0, 0.05) is 0 Å². The Morgan fingerprint density at radius 2 is 2.25 bits per heavy atom. The number of carbonyl (C=O) groups is 1. The van der Waals surface area contributed by atoms with Crippen molar-refractivity contribution in [2.45, 2.75) is 25.2 Å². The van der Waals surface area contributed by atoms with E-state index in [1.807, 2.05) is 24.3 Å². The molecule has 1 N–H and O–H groups in total. The maximum atomic E-state index is 11.5. The summed E-state index contributed by atoms with van der Waals surface area (Å²) in [6.07, 6.45) is 2.22. The van der Waals surface area contributed by atoms with Gasteiger partial charge in [0.25, 0.3) is 0 Å². The zero-order valence-electron chi connectivity index (χ0n) is 11.1. The molecule has 2 aromatic rings. The second kappa shape index (κ2) is 4.96. The van der Waals surface area contributed by atoms with Crippen molar-refractivity contribution in [2.75, 3.05) is 7.11 Å². The molecule has 20 heavy (non-hydrogen) atoms. The van der Waals surface area contributed by atoms with Crippen LogP contribution in [0.1, 0.15) is 30.1 Å². The first-order valence-electron chi connectivity index (χ1n) is 6.53. The second-order valence-corrected chi connectivity index (χ2v) is 4.79. The van der Waals surface area contributed by atoms with Gasteiger partial charge in [-0.15, -0.1) is 5.10 Å². The predicted octanol–water partition coefficient (Wildman–Crippen LogP) is 1.78. The number of aliphatic carboxylic acids is 1. The van der Waals surface area contributed by atoms with E-state index in [9.17, 15) is 9.90 Å². The molecule has 0 radical (unpaired) electrons. The fraction of sp³-hybridized carbons (Fsp3) is 0.357. The third-order valence-electron chi connectivity index (χ3n) is 3.63. The summed E-state index contributed by atoms with van der Waals surface area (Å²) < 4.78 is 6.92. The maximum absolute atomic E-state index is 11.5. The van der Waals surface area contributed by atoms with E-state index in [0.717, 1.165) is 24.2 Å². The Bertz CT molecular complexity index is 651. The highest BCUT2D eigenvalue weighted by Gasteiger charge is 2.32. The number of para-hydroxylation sites is 2. The summed E-state index contributed by atoms with van der Waals surface area (Å²) in [6.45, 7) is 0. The van der Waals surface area contributed by atoms with Gasteiger partial charge in [0.2, 0.25) is 0 Å². The fourth-order valence-corrected chi connectivity index (χ4v) is 2.68. The third kappa shape index (κ3) is 1.93. The van der Waals surface area contributed by atoms with Crippen LogP contribution in [0.5, 0.6) is 5.75 Å². The first-order chi connectivity index (χ1) is 9.72. The zero-order valence-corrected chi connectivity index (χ0v) is 11.1. The van der Waals surface area contributed by atoms with Crippen molar-refractivity contribution in [1.29, 1.82) is 0 Å². The molecule has 1 heterocycles. The summed E-state index contributed by atoms with van der Waals surface area (Å²) in [4.78, 5) is 11.5. The Labute approximate surface area is 116 Å². The monoisotopic (exact) mass is 273 g/mol. The molecule has 0 saturated heterocycles. The van der Waals surface area contributed by atoms with E-state index in [4.69, 9.17) is 4.74 Å². The predicted molar refractivity (Wildman–Crippen MR) is 71.2 cm³/mol. The van der Waals surface area contributed by atoms with Gasteiger partial charge < -0.3 is 9.84 Å². The van der Waals surface area contributed by atoms with Crippen molar-refractivity contribution in [1.82, 2.24) is 15.0 Å². The van der Waals surface area contributed by atoms with Crippen molar-refractivity contribution in [3.63, 3.8) is 0 Å². The molecule has 0 spiro atoms. The van der Waals surface area contributed by atoms with Gasteiger partial charge in [0.1, 0.15) is 17.4 Å². The average Bonchev–Trinajstić information content (AvgIpc) is 2.90. The van der Waals surface area contributed by atoms with Crippen molar-refractivity contribution in [3.05, 3.63) is 35.7 Å². The number of carboxylic acid groups (broad SMARTS) is 1. The number of methoxy groups -OCH3 is 1. The molecule has 104 valence electrons. The highest BCUT2D eigenvalue weighted by atomic mass is 16.5. The van der Waals surface area contributed by atoms with E-state index in [1.165, 1.54) is 0 Å². The summed E-state index contributed by atoms with van der Waals surface area (Å²) in [7, 11) is 1.58. The van der Waals surface area contributed by atoms with E-state index in [-0.39, 0.29) is 0 Å². The molecule has 1 aliphatic carbocycles. The largest absolute Gasteiger partial charge is 0.494 e. The molecule has 0 bridgehead atoms. The van der Waals surface area contributed by atoms with Crippen LogP contribution >= 0.6 is 0 Å². The molecule has 1 atom stereocenters. The molecule has 0 aliphatic heterocycles. The summed E-state index contributed by atoms with van der Waals surface area (Å²) in [5.74, 6) is -0.738. The molecule has 0 fully saturated rings. The smallest absolute Gasteiger partial charge is 0.312 e. The molecule has 1 aromatic heterocycles. The van der Waals surface area contributed by atoms with Crippen molar-refractivity contribution < 1.29 is 14.6 Å². The minimum atomic E-state index is -0.829. The van der Waals surface area contributed by atoms with E-state index in [0.29, 0.717) is 17.9 Å². The van der Waals surface area contributed by atoms with Crippen molar-refractivity contribution >= 4 is 5.97 Å². The maximum Gasteiger partial charge on any atom is 0.312 e. The minimum Gasteiger partial charge on any atom is -0.494 e. The summed E-state index contributed by atoms with van der Waals surface area (Å²) in [6, 6.07) is 7.40. The van der Waals surface area contributed by atoms with Crippen LogP contribution in [0.4, 0.5) is 0 Å². The number of benzene rings is 1. The van der Waals surface area contributed by atoms with Gasteiger partial charge >= 0.3 is 5.97 Å². The van der Waals surface area contributed by atoms with Crippen LogP contribution in [0.15, 0.2) is 24.3 Å². The standard InChI is InChI=1S/C14H15N3O3/c1-20-12-8-3-2-7-11(12)17-13-9(14(18)19)5-4-6-10(13)15-16-17/h2-3,7-9H,4-6H2,1H3,(H,18,19). The lowest BCUT2D eigenvalue weighted by Gasteiger charge is -2.20. The first-order valence-corrected chi connectivity index (χ1v) is 6.53. The van der Waals surface area contributed by atoms with E-state index < -0.39 is 11.9 Å². The normalized spacial score (nSPS) is 17.6. The Hall–Kier alpha value is -2.37. The highest BCUT2D eigenvalue weighted by Crippen LogP contribution is 2.34. The Morgan fingerprint density at radius 3 is 3.00 bits per heavy atom. The van der Waals surface area contributed by atoms with Crippen molar-refractivity contribution in [2.24, 2.45) is 0 Å². The molecule has 1 unspecified atom stereocenters. The van der Waals surface area contributed by atoms with E-state index >= 15 is 0 Å². The van der Waals surface area contributed by atoms with Gasteiger partial charge in [0.05, 0.1) is 18.5 Å². The van der Waals surface area contributed by atoms with Crippen LogP contribution in [0.2, 0.25) is 0 Å². The molecule has 3 rings (SSSR count). The summed E-state index contributed by atoms with van der Waals surface area (Å²) >= 11 is 0. The molecule has 1 aliphatic rings. The topological polar surface area (TPSA) is 77.2 Å². The Balaban J connectivity index is 2.16. The third-order valence-corrected chi connectivity index (χ3v) is 3.63. The summed E-state index contributed by atoms with van der Waals surface area (Å²) in [5.41, 5.74) is 2.17. The number of rotatable bonds is 3. The average molecular weight is 273 g/mol. The Kier molecular flexibility index (Phi) is 3.14. The van der Waals surface area contributed by atoms with Gasteiger partial charge in [-0.1, -0.05) is 17.3 Å². The van der Waals surface area contributed by atoms with Gasteiger partial charge in [-0.25, -0.2) is 4.68 Å². The summed E-state index contributed by atoms with van der Waals surface area (Å²) in [5, 5.41) is 17.7. The van der Waals surface area contributed by atoms with Gasteiger partial charge in [0.15, 0.2) is 0 Å². The van der Waals surface area contributed by atoms with Crippen LogP contribution in [0.3, 0.4) is 0 Å². The fourth-order valence-electron chi connectivity index (χ4n) is 2.68. The second-order valence-electron chi connectivity index (χ2n) is 4.79. The van der Waals surface area contributed by atoms with E-state index in [2.05, 4.69) is 10.3 Å². The number of aryl methyl sites for hydroxylation is 1. The number of aromatic nitrogens is 3. The Morgan fingerprint density at radius 1 is 1.45 bits per heavy atom. The van der Waals surface area contributed by atoms with E-state index in [1.54, 1.807) is 11.8 Å². The van der Waals surface area contributed by atoms with Crippen LogP contribution in [-0.4, -0.2) is 33.2 Å². The lowest BCUT2D eigenvalue weighted by molar-refractivity contribution is -0.139. The lowest BCUT2D eigenvalue weighted by atomic mass is 9.89. The van der Waals surface area contributed by atoms with Crippen LogP contribution in [0.25, 0.3) is 5.69 Å². The van der Waals surface area contributed by atoms with Gasteiger partial charge in [-0.3, -0.25) is 4.79 Å². The zero-order chi connectivity index (χ0) is 14.1. The quantitative estimate of drug-likeness (QED) is 0.922. The number of fused-ring (bicyclic) bond motifs is 1. The van der Waals surface area contributed by atoms with Crippen LogP contribution < -0.4 is 4.74 Å². The molecule has 6 heteroatoms. The number of hydrogen-bond acceptors (Lipinski definition) is 4. The molecule has 1 aromatic carbocycles. The lowest BCUT2D eigenvalue weighted by Crippen LogP contribution is -2.21. The van der Waals surface area contributed by atoms with Crippen LogP contribution in [-0.2, 0) is 11.2 Å². The molecule has 0 amide bonds. The molecular weight excluding hydrogens is 258 g/mol.